The molecule has 0 unspecified atom stereocenters. The van der Waals surface area contributed by atoms with Crippen molar-refractivity contribution in [1.29, 1.82) is 0 Å². The molecule has 0 spiro atoms. The van der Waals surface area contributed by atoms with Gasteiger partial charge in [0.25, 0.3) is 0 Å². The van der Waals surface area contributed by atoms with Crippen LogP contribution in [0.1, 0.15) is 15.6 Å². The standard InChI is InChI=1S/C14H15N3OS2/c1-8-13(19-7-16-8)3-4-18-12-6-11-14(5-10(12)15)20-9(2)17-11/h5-7H,3-4,15H2,1-2H3. The largest absolute Gasteiger partial charge is 0.491 e. The number of nitrogen functional groups attached to an aromatic ring is 1. The van der Waals surface area contributed by atoms with E-state index in [-0.39, 0.29) is 0 Å². The summed E-state index contributed by atoms with van der Waals surface area (Å²) in [6, 6.07) is 3.86. The first kappa shape index (κ1) is 13.3. The van der Waals surface area contributed by atoms with Crippen LogP contribution in [-0.4, -0.2) is 16.6 Å². The molecule has 0 fully saturated rings. The van der Waals surface area contributed by atoms with E-state index >= 15 is 0 Å². The zero-order valence-electron chi connectivity index (χ0n) is 11.3. The Kier molecular flexibility index (Phi) is 3.58. The molecule has 0 saturated carbocycles. The van der Waals surface area contributed by atoms with E-state index in [0.717, 1.165) is 27.3 Å². The number of nitrogens with zero attached hydrogens (tertiary/aromatic N) is 2. The van der Waals surface area contributed by atoms with E-state index < -0.39 is 0 Å². The quantitative estimate of drug-likeness (QED) is 0.749. The van der Waals surface area contributed by atoms with Crippen LogP contribution in [0.15, 0.2) is 17.6 Å². The number of benzene rings is 1. The Bertz CT molecular complexity index is 748. The van der Waals surface area contributed by atoms with Crippen LogP contribution in [0.25, 0.3) is 10.2 Å². The third-order valence-electron chi connectivity index (χ3n) is 3.06. The average Bonchev–Trinajstić information content (AvgIpc) is 2.95. The zero-order valence-corrected chi connectivity index (χ0v) is 13.0. The summed E-state index contributed by atoms with van der Waals surface area (Å²) >= 11 is 3.31. The summed E-state index contributed by atoms with van der Waals surface area (Å²) in [4.78, 5) is 9.95. The van der Waals surface area contributed by atoms with Gasteiger partial charge in [0.15, 0.2) is 0 Å². The molecule has 0 amide bonds. The Morgan fingerprint density at radius 2 is 2.15 bits per heavy atom. The molecule has 2 heterocycles. The Morgan fingerprint density at radius 3 is 2.90 bits per heavy atom. The predicted octanol–water partition coefficient (Wildman–Crippen LogP) is 3.57. The lowest BCUT2D eigenvalue weighted by Gasteiger charge is -2.08. The summed E-state index contributed by atoms with van der Waals surface area (Å²) in [5.74, 6) is 0.713. The number of aryl methyl sites for hydroxylation is 2. The summed E-state index contributed by atoms with van der Waals surface area (Å²) in [5, 5.41) is 1.04. The van der Waals surface area contributed by atoms with Gasteiger partial charge in [-0.3, -0.25) is 0 Å². The Balaban J connectivity index is 1.73. The molecule has 0 aliphatic carbocycles. The van der Waals surface area contributed by atoms with Crippen molar-refractivity contribution in [1.82, 2.24) is 9.97 Å². The normalized spacial score (nSPS) is 11.1. The van der Waals surface area contributed by atoms with Crippen molar-refractivity contribution >= 4 is 38.6 Å². The van der Waals surface area contributed by atoms with Crippen LogP contribution in [0.3, 0.4) is 0 Å². The SMILES string of the molecule is Cc1nc2cc(OCCc3scnc3C)c(N)cc2s1. The number of hydrogen-bond donors (Lipinski definition) is 1. The number of ether oxygens (including phenoxy) is 1. The van der Waals surface area contributed by atoms with Crippen molar-refractivity contribution < 1.29 is 4.74 Å². The highest BCUT2D eigenvalue weighted by Gasteiger charge is 2.08. The lowest BCUT2D eigenvalue weighted by molar-refractivity contribution is 0.325. The molecule has 0 radical (unpaired) electrons. The fraction of sp³-hybridized carbons (Fsp3) is 0.286. The minimum Gasteiger partial charge on any atom is -0.491 e. The van der Waals surface area contributed by atoms with E-state index in [0.29, 0.717) is 18.0 Å². The van der Waals surface area contributed by atoms with Crippen molar-refractivity contribution in [3.63, 3.8) is 0 Å². The van der Waals surface area contributed by atoms with Gasteiger partial charge in [-0.1, -0.05) is 0 Å². The van der Waals surface area contributed by atoms with Crippen LogP contribution in [0.2, 0.25) is 0 Å². The second-order valence-electron chi connectivity index (χ2n) is 4.55. The molecule has 0 aliphatic heterocycles. The number of fused-ring (bicyclic) bond motifs is 1. The number of anilines is 1. The van der Waals surface area contributed by atoms with Crippen molar-refractivity contribution in [3.8, 4) is 5.75 Å². The maximum atomic E-state index is 6.03. The molecule has 3 aromatic rings. The number of aromatic nitrogens is 2. The van der Waals surface area contributed by atoms with Crippen LogP contribution in [0.5, 0.6) is 5.75 Å². The van der Waals surface area contributed by atoms with Gasteiger partial charge in [0.1, 0.15) is 5.75 Å². The van der Waals surface area contributed by atoms with Crippen molar-refractivity contribution in [3.05, 3.63) is 33.2 Å². The first-order valence-electron chi connectivity index (χ1n) is 6.32. The van der Waals surface area contributed by atoms with Crippen LogP contribution in [0, 0.1) is 13.8 Å². The minimum atomic E-state index is 0.599. The molecule has 0 atom stereocenters. The summed E-state index contributed by atoms with van der Waals surface area (Å²) < 4.78 is 6.90. The Hall–Kier alpha value is -1.66. The first-order chi connectivity index (χ1) is 9.63. The number of hydrogen-bond acceptors (Lipinski definition) is 6. The van der Waals surface area contributed by atoms with E-state index in [1.54, 1.807) is 22.7 Å². The average molecular weight is 305 g/mol. The molecule has 3 rings (SSSR count). The summed E-state index contributed by atoms with van der Waals surface area (Å²) in [6.45, 7) is 4.61. The lowest BCUT2D eigenvalue weighted by atomic mass is 10.2. The highest BCUT2D eigenvalue weighted by Crippen LogP contribution is 2.31. The predicted molar refractivity (Wildman–Crippen MR) is 84.8 cm³/mol. The van der Waals surface area contributed by atoms with Gasteiger partial charge in [-0.2, -0.15) is 0 Å². The van der Waals surface area contributed by atoms with Crippen LogP contribution in [0.4, 0.5) is 5.69 Å². The van der Waals surface area contributed by atoms with E-state index in [2.05, 4.69) is 9.97 Å². The number of thiazole rings is 2. The molecule has 6 heteroatoms. The molecule has 104 valence electrons. The number of rotatable bonds is 4. The van der Waals surface area contributed by atoms with Crippen molar-refractivity contribution in [2.75, 3.05) is 12.3 Å². The number of nitrogens with two attached hydrogens (primary N) is 1. The Morgan fingerprint density at radius 1 is 1.30 bits per heavy atom. The van der Waals surface area contributed by atoms with E-state index in [1.807, 2.05) is 31.5 Å². The fourth-order valence-electron chi connectivity index (χ4n) is 2.03. The Labute approximate surface area is 125 Å². The maximum absolute atomic E-state index is 6.03. The summed E-state index contributed by atoms with van der Waals surface area (Å²) in [5.41, 5.74) is 10.6. The molecule has 20 heavy (non-hydrogen) atoms. The molecule has 1 aromatic carbocycles. The first-order valence-corrected chi connectivity index (χ1v) is 8.01. The third-order valence-corrected chi connectivity index (χ3v) is 4.99. The molecule has 0 saturated heterocycles. The van der Waals surface area contributed by atoms with Crippen molar-refractivity contribution in [2.24, 2.45) is 0 Å². The highest BCUT2D eigenvalue weighted by atomic mass is 32.1. The van der Waals surface area contributed by atoms with Crippen LogP contribution in [-0.2, 0) is 6.42 Å². The van der Waals surface area contributed by atoms with Gasteiger partial charge in [-0.25, -0.2) is 9.97 Å². The molecule has 0 aliphatic rings. The molecular formula is C14H15N3OS2. The second-order valence-corrected chi connectivity index (χ2v) is 6.72. The van der Waals surface area contributed by atoms with Crippen molar-refractivity contribution in [2.45, 2.75) is 20.3 Å². The van der Waals surface area contributed by atoms with Gasteiger partial charge in [0.2, 0.25) is 0 Å². The monoisotopic (exact) mass is 305 g/mol. The molecule has 2 aromatic heterocycles. The fourth-order valence-corrected chi connectivity index (χ4v) is 3.65. The maximum Gasteiger partial charge on any atom is 0.144 e. The molecular weight excluding hydrogens is 290 g/mol. The van der Waals surface area contributed by atoms with Gasteiger partial charge in [-0.15, -0.1) is 22.7 Å². The molecule has 4 nitrogen and oxygen atoms in total. The summed E-state index contributed by atoms with van der Waals surface area (Å²) in [6.07, 6.45) is 0.851. The zero-order chi connectivity index (χ0) is 14.1. The third kappa shape index (κ3) is 2.62. The van der Waals surface area contributed by atoms with Crippen LogP contribution < -0.4 is 10.5 Å². The smallest absolute Gasteiger partial charge is 0.144 e. The second kappa shape index (κ2) is 5.38. The highest BCUT2D eigenvalue weighted by molar-refractivity contribution is 7.18. The van der Waals surface area contributed by atoms with E-state index in [4.69, 9.17) is 10.5 Å². The van der Waals surface area contributed by atoms with Crippen LogP contribution >= 0.6 is 22.7 Å². The topological polar surface area (TPSA) is 61.0 Å². The molecule has 0 bridgehead atoms. The van der Waals surface area contributed by atoms with Gasteiger partial charge < -0.3 is 10.5 Å². The van der Waals surface area contributed by atoms with Gasteiger partial charge in [0.05, 0.1) is 38.7 Å². The summed E-state index contributed by atoms with van der Waals surface area (Å²) in [7, 11) is 0. The van der Waals surface area contributed by atoms with Gasteiger partial charge in [-0.05, 0) is 19.9 Å². The minimum absolute atomic E-state index is 0.599. The van der Waals surface area contributed by atoms with Gasteiger partial charge >= 0.3 is 0 Å². The molecule has 2 N–H and O–H groups in total. The lowest BCUT2D eigenvalue weighted by Crippen LogP contribution is -2.03. The van der Waals surface area contributed by atoms with E-state index in [1.165, 1.54) is 4.88 Å². The van der Waals surface area contributed by atoms with Gasteiger partial charge in [0, 0.05) is 17.4 Å². The van der Waals surface area contributed by atoms with E-state index in [9.17, 15) is 0 Å².